The Balaban J connectivity index is 1.29. The second kappa shape index (κ2) is 15.2. The minimum atomic E-state index is -2.78. The van der Waals surface area contributed by atoms with E-state index >= 15 is 0 Å². The topological polar surface area (TPSA) is 9.23 Å². The number of alkyl halides is 2. The van der Waals surface area contributed by atoms with Gasteiger partial charge in [0.2, 0.25) is 0 Å². The maximum absolute atomic E-state index is 12.3. The van der Waals surface area contributed by atoms with Gasteiger partial charge in [-0.3, -0.25) is 0 Å². The molecule has 3 rings (SSSR count). The Kier molecular flexibility index (Phi) is 11.9. The summed E-state index contributed by atoms with van der Waals surface area (Å²) in [7, 11) is 0. The number of unbranched alkanes of at least 4 members (excludes halogenated alkanes) is 7. The molecule has 0 saturated heterocycles. The summed E-state index contributed by atoms with van der Waals surface area (Å²) in [6.45, 7) is -0.496. The zero-order valence-electron chi connectivity index (χ0n) is 21.1. The zero-order valence-corrected chi connectivity index (χ0v) is 21.1. The first-order valence-corrected chi connectivity index (χ1v) is 13.8. The lowest BCUT2D eigenvalue weighted by Crippen LogP contribution is -2.15. The van der Waals surface area contributed by atoms with Gasteiger partial charge in [0.1, 0.15) is 5.75 Å². The predicted molar refractivity (Wildman–Crippen MR) is 140 cm³/mol. The van der Waals surface area contributed by atoms with Crippen molar-refractivity contribution in [1.29, 1.82) is 0 Å². The molecule has 2 aromatic rings. The molecule has 1 saturated carbocycles. The van der Waals surface area contributed by atoms with Gasteiger partial charge >= 0.3 is 6.61 Å². The molecule has 188 valence electrons. The molecular formula is C31H44F2O. The van der Waals surface area contributed by atoms with Crippen molar-refractivity contribution in [3.63, 3.8) is 0 Å². The van der Waals surface area contributed by atoms with Crippen molar-refractivity contribution in [2.24, 2.45) is 11.8 Å². The largest absolute Gasteiger partial charge is 0.435 e. The average Bonchev–Trinajstić information content (AvgIpc) is 2.85. The molecule has 1 nitrogen and oxygen atoms in total. The third-order valence-electron chi connectivity index (χ3n) is 7.64. The molecule has 0 aliphatic heterocycles. The van der Waals surface area contributed by atoms with Crippen LogP contribution in [0.4, 0.5) is 8.78 Å². The van der Waals surface area contributed by atoms with E-state index in [2.05, 4.69) is 35.9 Å². The van der Waals surface area contributed by atoms with E-state index in [1.165, 1.54) is 95.5 Å². The van der Waals surface area contributed by atoms with Gasteiger partial charge in [-0.1, -0.05) is 127 Å². The summed E-state index contributed by atoms with van der Waals surface area (Å²) >= 11 is 0. The monoisotopic (exact) mass is 470 g/mol. The van der Waals surface area contributed by atoms with Crippen molar-refractivity contribution >= 4 is 0 Å². The summed E-state index contributed by atoms with van der Waals surface area (Å²) in [5, 5.41) is 0. The Morgan fingerprint density at radius 1 is 0.676 bits per heavy atom. The molecule has 0 N–H and O–H groups in total. The molecule has 34 heavy (non-hydrogen) atoms. The van der Waals surface area contributed by atoms with Crippen LogP contribution >= 0.6 is 0 Å². The number of halogens is 2. The summed E-state index contributed by atoms with van der Waals surface area (Å²) in [5.41, 5.74) is 3.51. The second-order valence-electron chi connectivity index (χ2n) is 10.3. The minimum Gasteiger partial charge on any atom is -0.435 e. The summed E-state index contributed by atoms with van der Waals surface area (Å²) in [4.78, 5) is 0. The lowest BCUT2D eigenvalue weighted by Gasteiger charge is -2.28. The number of benzene rings is 2. The van der Waals surface area contributed by atoms with Crippen molar-refractivity contribution in [1.82, 2.24) is 0 Å². The van der Waals surface area contributed by atoms with Gasteiger partial charge in [0.15, 0.2) is 0 Å². The van der Waals surface area contributed by atoms with Crippen molar-refractivity contribution in [2.45, 2.75) is 110 Å². The van der Waals surface area contributed by atoms with E-state index in [-0.39, 0.29) is 5.75 Å². The van der Waals surface area contributed by atoms with E-state index in [9.17, 15) is 8.78 Å². The SMILES string of the molecule is CCCCCCCCCC[C@H]1CC[C@H](CCc2ccc(-c3ccc(OC(F)F)cc3)cc2)CC1. The van der Waals surface area contributed by atoms with Crippen LogP contribution in [0.15, 0.2) is 48.5 Å². The van der Waals surface area contributed by atoms with Gasteiger partial charge in [0.25, 0.3) is 0 Å². The van der Waals surface area contributed by atoms with Crippen LogP contribution in [0.25, 0.3) is 11.1 Å². The van der Waals surface area contributed by atoms with Gasteiger partial charge in [0, 0.05) is 0 Å². The number of hydrogen-bond donors (Lipinski definition) is 0. The molecule has 0 unspecified atom stereocenters. The van der Waals surface area contributed by atoms with Gasteiger partial charge in [-0.15, -0.1) is 0 Å². The molecule has 0 spiro atoms. The lowest BCUT2D eigenvalue weighted by atomic mass is 9.77. The smallest absolute Gasteiger partial charge is 0.387 e. The Bertz CT molecular complexity index is 776. The number of rotatable bonds is 15. The van der Waals surface area contributed by atoms with E-state index in [1.54, 1.807) is 12.1 Å². The summed E-state index contributed by atoms with van der Waals surface area (Å²) in [6, 6.07) is 15.6. The molecule has 0 aromatic heterocycles. The quantitative estimate of drug-likeness (QED) is 0.235. The Morgan fingerprint density at radius 2 is 1.18 bits per heavy atom. The van der Waals surface area contributed by atoms with Crippen LogP contribution in [0, 0.1) is 11.8 Å². The molecule has 0 atom stereocenters. The zero-order chi connectivity index (χ0) is 24.0. The highest BCUT2D eigenvalue weighted by molar-refractivity contribution is 5.64. The van der Waals surface area contributed by atoms with Gasteiger partial charge in [0.05, 0.1) is 0 Å². The second-order valence-corrected chi connectivity index (χ2v) is 10.3. The van der Waals surface area contributed by atoms with E-state index in [4.69, 9.17) is 0 Å². The van der Waals surface area contributed by atoms with Crippen molar-refractivity contribution < 1.29 is 13.5 Å². The summed E-state index contributed by atoms with van der Waals surface area (Å²) in [6.07, 6.45) is 21.0. The molecule has 0 heterocycles. The first-order valence-electron chi connectivity index (χ1n) is 13.8. The van der Waals surface area contributed by atoms with Crippen LogP contribution in [-0.4, -0.2) is 6.61 Å². The highest BCUT2D eigenvalue weighted by Gasteiger charge is 2.20. The number of hydrogen-bond acceptors (Lipinski definition) is 1. The van der Waals surface area contributed by atoms with Crippen molar-refractivity contribution in [2.75, 3.05) is 0 Å². The molecule has 0 radical (unpaired) electrons. The molecular weight excluding hydrogens is 426 g/mol. The fraction of sp³-hybridized carbons (Fsp3) is 0.613. The third-order valence-corrected chi connectivity index (χ3v) is 7.64. The lowest BCUT2D eigenvalue weighted by molar-refractivity contribution is -0.0498. The molecule has 2 aromatic carbocycles. The maximum atomic E-state index is 12.3. The predicted octanol–water partition coefficient (Wildman–Crippen LogP) is 10.2. The van der Waals surface area contributed by atoms with Gasteiger partial charge < -0.3 is 4.74 Å². The van der Waals surface area contributed by atoms with E-state index in [1.807, 2.05) is 12.1 Å². The van der Waals surface area contributed by atoms with Gasteiger partial charge in [-0.05, 0) is 53.5 Å². The Hall–Kier alpha value is -1.90. The van der Waals surface area contributed by atoms with Crippen LogP contribution in [0.3, 0.4) is 0 Å². The van der Waals surface area contributed by atoms with Crippen LogP contribution in [-0.2, 0) is 6.42 Å². The van der Waals surface area contributed by atoms with Gasteiger partial charge in [-0.2, -0.15) is 8.78 Å². The first-order chi connectivity index (χ1) is 16.6. The molecule has 1 aliphatic rings. The van der Waals surface area contributed by atoms with Crippen LogP contribution in [0.1, 0.15) is 102 Å². The van der Waals surface area contributed by atoms with Crippen molar-refractivity contribution in [3.8, 4) is 16.9 Å². The summed E-state index contributed by atoms with van der Waals surface area (Å²) in [5.74, 6) is 2.06. The summed E-state index contributed by atoms with van der Waals surface area (Å²) < 4.78 is 29.0. The first kappa shape index (κ1) is 26.7. The number of aryl methyl sites for hydroxylation is 1. The fourth-order valence-corrected chi connectivity index (χ4v) is 5.44. The normalized spacial score (nSPS) is 18.4. The third kappa shape index (κ3) is 9.76. The van der Waals surface area contributed by atoms with Gasteiger partial charge in [-0.25, -0.2) is 0 Å². The number of ether oxygens (including phenoxy) is 1. The molecule has 1 fully saturated rings. The average molecular weight is 471 g/mol. The van der Waals surface area contributed by atoms with Crippen molar-refractivity contribution in [3.05, 3.63) is 54.1 Å². The molecule has 3 heteroatoms. The standard InChI is InChI=1S/C31H44F2O/c1-2-3-4-5-6-7-8-9-10-25-11-13-26(14-12-25)15-16-27-17-19-28(20-18-27)29-21-23-30(24-22-29)34-31(32)33/h17-26,31H,2-16H2,1H3/t25-,26-. The maximum Gasteiger partial charge on any atom is 0.387 e. The Labute approximate surface area is 206 Å². The highest BCUT2D eigenvalue weighted by atomic mass is 19.3. The Morgan fingerprint density at radius 3 is 1.74 bits per heavy atom. The van der Waals surface area contributed by atoms with E-state index in [0.717, 1.165) is 29.4 Å². The molecule has 0 amide bonds. The molecule has 0 bridgehead atoms. The highest BCUT2D eigenvalue weighted by Crippen LogP contribution is 2.34. The minimum absolute atomic E-state index is 0.197. The molecule has 1 aliphatic carbocycles. The van der Waals surface area contributed by atoms with E-state index < -0.39 is 6.61 Å². The van der Waals surface area contributed by atoms with Crippen LogP contribution in [0.5, 0.6) is 5.75 Å². The van der Waals surface area contributed by atoms with Crippen LogP contribution in [0.2, 0.25) is 0 Å². The van der Waals surface area contributed by atoms with Crippen LogP contribution < -0.4 is 4.74 Å². The van der Waals surface area contributed by atoms with E-state index in [0.29, 0.717) is 0 Å². The fourth-order valence-electron chi connectivity index (χ4n) is 5.44.